The number of rotatable bonds is 2. The standard InChI is InChI=1S/C6H14N2O3S/c1-5-6(3-4-11-5)8(2)12(7,9)10/h5-6H,3-4H2,1-2H3,(H2,7,9,10). The molecule has 2 atom stereocenters. The largest absolute Gasteiger partial charge is 0.377 e. The summed E-state index contributed by atoms with van der Waals surface area (Å²) in [6.07, 6.45) is 0.655. The first-order valence-corrected chi connectivity index (χ1v) is 5.30. The number of hydrogen-bond donors (Lipinski definition) is 1. The highest BCUT2D eigenvalue weighted by Crippen LogP contribution is 2.19. The zero-order chi connectivity index (χ0) is 9.35. The zero-order valence-electron chi connectivity index (χ0n) is 7.23. The lowest BCUT2D eigenvalue weighted by Crippen LogP contribution is -2.44. The van der Waals surface area contributed by atoms with Gasteiger partial charge < -0.3 is 4.74 Å². The van der Waals surface area contributed by atoms with E-state index in [4.69, 9.17) is 9.88 Å². The van der Waals surface area contributed by atoms with E-state index in [1.807, 2.05) is 6.92 Å². The summed E-state index contributed by atoms with van der Waals surface area (Å²) in [5.74, 6) is 0. The van der Waals surface area contributed by atoms with Gasteiger partial charge in [0.15, 0.2) is 0 Å². The Morgan fingerprint density at radius 2 is 2.17 bits per heavy atom. The molecule has 1 rings (SSSR count). The number of nitrogens with zero attached hydrogens (tertiary/aromatic N) is 1. The summed E-state index contributed by atoms with van der Waals surface area (Å²) >= 11 is 0. The van der Waals surface area contributed by atoms with Gasteiger partial charge in [0, 0.05) is 13.7 Å². The van der Waals surface area contributed by atoms with Crippen molar-refractivity contribution in [2.75, 3.05) is 13.7 Å². The second-order valence-corrected chi connectivity index (χ2v) is 4.60. The lowest BCUT2D eigenvalue weighted by atomic mass is 10.2. The molecule has 0 aromatic carbocycles. The summed E-state index contributed by atoms with van der Waals surface area (Å²) in [4.78, 5) is 0. The van der Waals surface area contributed by atoms with E-state index in [1.54, 1.807) is 0 Å². The fraction of sp³-hybridized carbons (Fsp3) is 1.00. The van der Waals surface area contributed by atoms with Crippen LogP contribution < -0.4 is 5.14 Å². The van der Waals surface area contributed by atoms with Gasteiger partial charge in [-0.1, -0.05) is 0 Å². The van der Waals surface area contributed by atoms with Crippen LogP contribution in [-0.2, 0) is 14.9 Å². The van der Waals surface area contributed by atoms with Crippen molar-refractivity contribution in [2.24, 2.45) is 5.14 Å². The van der Waals surface area contributed by atoms with Gasteiger partial charge in [0.2, 0.25) is 0 Å². The second kappa shape index (κ2) is 3.29. The Kier molecular flexibility index (Phi) is 2.72. The SMILES string of the molecule is CC1OCCC1N(C)S(N)(=O)=O. The minimum absolute atomic E-state index is 0.0617. The highest BCUT2D eigenvalue weighted by molar-refractivity contribution is 7.86. The molecule has 0 bridgehead atoms. The Morgan fingerprint density at radius 3 is 2.50 bits per heavy atom. The van der Waals surface area contributed by atoms with Crippen LogP contribution in [0, 0.1) is 0 Å². The molecule has 0 aromatic heterocycles. The molecule has 1 aliphatic heterocycles. The molecular weight excluding hydrogens is 180 g/mol. The first-order chi connectivity index (χ1) is 5.43. The second-order valence-electron chi connectivity index (χ2n) is 2.99. The third kappa shape index (κ3) is 1.95. The van der Waals surface area contributed by atoms with E-state index in [9.17, 15) is 8.42 Å². The molecule has 0 radical (unpaired) electrons. The Morgan fingerprint density at radius 1 is 1.58 bits per heavy atom. The van der Waals surface area contributed by atoms with Gasteiger partial charge in [0.25, 0.3) is 10.2 Å². The van der Waals surface area contributed by atoms with Crippen molar-refractivity contribution in [3.05, 3.63) is 0 Å². The molecule has 1 fully saturated rings. The van der Waals surface area contributed by atoms with Gasteiger partial charge in [0.05, 0.1) is 12.1 Å². The lowest BCUT2D eigenvalue weighted by molar-refractivity contribution is 0.102. The van der Waals surface area contributed by atoms with Crippen molar-refractivity contribution in [3.63, 3.8) is 0 Å². The quantitative estimate of drug-likeness (QED) is 0.631. The highest BCUT2D eigenvalue weighted by Gasteiger charge is 2.32. The van der Waals surface area contributed by atoms with Crippen LogP contribution in [0.5, 0.6) is 0 Å². The van der Waals surface area contributed by atoms with Gasteiger partial charge >= 0.3 is 0 Å². The van der Waals surface area contributed by atoms with Crippen molar-refractivity contribution in [2.45, 2.75) is 25.5 Å². The van der Waals surface area contributed by atoms with Crippen molar-refractivity contribution < 1.29 is 13.2 Å². The van der Waals surface area contributed by atoms with Crippen LogP contribution in [0.15, 0.2) is 0 Å². The van der Waals surface area contributed by atoms with E-state index in [1.165, 1.54) is 11.4 Å². The maximum Gasteiger partial charge on any atom is 0.276 e. The van der Waals surface area contributed by atoms with Crippen molar-refractivity contribution in [3.8, 4) is 0 Å². The Labute approximate surface area is 72.7 Å². The Bertz CT molecular complexity index is 252. The number of hydrogen-bond acceptors (Lipinski definition) is 3. The summed E-state index contributed by atoms with van der Waals surface area (Å²) in [6, 6.07) is -0.111. The van der Waals surface area contributed by atoms with E-state index in [0.29, 0.717) is 13.0 Å². The van der Waals surface area contributed by atoms with Gasteiger partial charge in [-0.15, -0.1) is 0 Å². The molecule has 72 valence electrons. The third-order valence-electron chi connectivity index (χ3n) is 2.20. The molecule has 1 saturated heterocycles. The van der Waals surface area contributed by atoms with E-state index in [2.05, 4.69) is 0 Å². The number of likely N-dealkylation sites (N-methyl/N-ethyl adjacent to an activating group) is 1. The van der Waals surface area contributed by atoms with Gasteiger partial charge in [0.1, 0.15) is 0 Å². The topological polar surface area (TPSA) is 72.6 Å². The van der Waals surface area contributed by atoms with Crippen LogP contribution >= 0.6 is 0 Å². The monoisotopic (exact) mass is 194 g/mol. The minimum atomic E-state index is -3.57. The summed E-state index contributed by atoms with van der Waals surface area (Å²) in [6.45, 7) is 2.45. The normalized spacial score (nSPS) is 31.3. The van der Waals surface area contributed by atoms with Crippen LogP contribution in [0.3, 0.4) is 0 Å². The van der Waals surface area contributed by atoms with Crippen LogP contribution in [0.1, 0.15) is 13.3 Å². The van der Waals surface area contributed by atoms with E-state index in [-0.39, 0.29) is 12.1 Å². The summed E-state index contributed by atoms with van der Waals surface area (Å²) in [7, 11) is -2.09. The number of ether oxygens (including phenoxy) is 1. The first kappa shape index (κ1) is 9.91. The summed E-state index contributed by atoms with van der Waals surface area (Å²) in [5, 5.41) is 4.96. The molecule has 5 nitrogen and oxygen atoms in total. The molecular formula is C6H14N2O3S. The van der Waals surface area contributed by atoms with E-state index in [0.717, 1.165) is 0 Å². The maximum absolute atomic E-state index is 10.9. The average molecular weight is 194 g/mol. The fourth-order valence-electron chi connectivity index (χ4n) is 1.39. The Hall–Kier alpha value is -0.170. The van der Waals surface area contributed by atoms with Crippen LogP contribution in [0.25, 0.3) is 0 Å². The van der Waals surface area contributed by atoms with Crippen molar-refractivity contribution >= 4 is 10.2 Å². The van der Waals surface area contributed by atoms with Crippen molar-refractivity contribution in [1.82, 2.24) is 4.31 Å². The molecule has 0 amide bonds. The summed E-state index contributed by atoms with van der Waals surface area (Å²) in [5.41, 5.74) is 0. The molecule has 0 spiro atoms. The van der Waals surface area contributed by atoms with Crippen LogP contribution in [0.2, 0.25) is 0 Å². The molecule has 0 aromatic rings. The van der Waals surface area contributed by atoms with Crippen LogP contribution in [0.4, 0.5) is 0 Å². The molecule has 0 aliphatic carbocycles. The van der Waals surface area contributed by atoms with E-state index >= 15 is 0 Å². The fourth-order valence-corrected chi connectivity index (χ4v) is 2.04. The van der Waals surface area contributed by atoms with Gasteiger partial charge in [-0.05, 0) is 13.3 Å². The molecule has 6 heteroatoms. The molecule has 1 aliphatic rings. The molecule has 1 heterocycles. The third-order valence-corrected chi connectivity index (χ3v) is 3.28. The number of nitrogens with two attached hydrogens (primary N) is 1. The predicted molar refractivity (Wildman–Crippen MR) is 44.7 cm³/mol. The predicted octanol–water partition coefficient (Wildman–Crippen LogP) is -0.701. The molecule has 2 N–H and O–H groups in total. The minimum Gasteiger partial charge on any atom is -0.377 e. The molecule has 2 unspecified atom stereocenters. The van der Waals surface area contributed by atoms with Gasteiger partial charge in [-0.25, -0.2) is 5.14 Å². The Balaban J connectivity index is 2.70. The molecule has 0 saturated carbocycles. The zero-order valence-corrected chi connectivity index (χ0v) is 8.04. The first-order valence-electron chi connectivity index (χ1n) is 3.80. The van der Waals surface area contributed by atoms with Gasteiger partial charge in [-0.3, -0.25) is 0 Å². The van der Waals surface area contributed by atoms with E-state index < -0.39 is 10.2 Å². The smallest absolute Gasteiger partial charge is 0.276 e. The van der Waals surface area contributed by atoms with Crippen LogP contribution in [-0.4, -0.2) is 38.5 Å². The average Bonchev–Trinajstić information content (AvgIpc) is 2.31. The molecule has 12 heavy (non-hydrogen) atoms. The van der Waals surface area contributed by atoms with Crippen molar-refractivity contribution in [1.29, 1.82) is 0 Å². The highest BCUT2D eigenvalue weighted by atomic mass is 32.2. The lowest BCUT2D eigenvalue weighted by Gasteiger charge is -2.23. The van der Waals surface area contributed by atoms with Gasteiger partial charge in [-0.2, -0.15) is 12.7 Å². The maximum atomic E-state index is 10.9. The summed E-state index contributed by atoms with van der Waals surface area (Å²) < 4.78 is 28.2.